The van der Waals surface area contributed by atoms with Crippen LogP contribution in [0.5, 0.6) is 0 Å². The smallest absolute Gasteiger partial charge is 0.241 e. The standard InChI is InChI=1S/C14H17BrN2O2S/c1-17(2)13-7-3-6-12-11(13)5-4-8-14(12)20(18,19)16-10-9-15/h3-8,16H,9-10H2,1-2H3. The highest BCUT2D eigenvalue weighted by atomic mass is 79.9. The molecule has 0 bridgehead atoms. The number of hydrogen-bond donors (Lipinski definition) is 1. The Morgan fingerprint density at radius 2 is 1.75 bits per heavy atom. The van der Waals surface area contributed by atoms with Crippen LogP contribution in [0.2, 0.25) is 0 Å². The Morgan fingerprint density at radius 1 is 1.10 bits per heavy atom. The van der Waals surface area contributed by atoms with E-state index in [1.54, 1.807) is 12.1 Å². The maximum atomic E-state index is 12.3. The van der Waals surface area contributed by atoms with E-state index in [9.17, 15) is 8.42 Å². The molecule has 0 atom stereocenters. The summed E-state index contributed by atoms with van der Waals surface area (Å²) in [5, 5.41) is 2.25. The van der Waals surface area contributed by atoms with Gasteiger partial charge in [-0.2, -0.15) is 0 Å². The molecule has 0 fully saturated rings. The van der Waals surface area contributed by atoms with E-state index in [1.165, 1.54) is 0 Å². The molecular formula is C14H17BrN2O2S. The number of rotatable bonds is 5. The summed E-state index contributed by atoms with van der Waals surface area (Å²) in [4.78, 5) is 2.30. The van der Waals surface area contributed by atoms with Crippen molar-refractivity contribution in [2.45, 2.75) is 4.90 Å². The predicted molar refractivity (Wildman–Crippen MR) is 87.3 cm³/mol. The van der Waals surface area contributed by atoms with Gasteiger partial charge in [0.25, 0.3) is 0 Å². The zero-order valence-electron chi connectivity index (χ0n) is 11.4. The van der Waals surface area contributed by atoms with Crippen LogP contribution in [-0.4, -0.2) is 34.4 Å². The molecule has 108 valence electrons. The lowest BCUT2D eigenvalue weighted by Crippen LogP contribution is -2.25. The van der Waals surface area contributed by atoms with E-state index in [0.717, 1.165) is 16.5 Å². The molecule has 0 aliphatic heterocycles. The van der Waals surface area contributed by atoms with Crippen LogP contribution in [0, 0.1) is 0 Å². The number of benzene rings is 2. The Hall–Kier alpha value is -1.11. The fourth-order valence-electron chi connectivity index (χ4n) is 2.14. The first-order valence-corrected chi connectivity index (χ1v) is 8.82. The van der Waals surface area contributed by atoms with Gasteiger partial charge >= 0.3 is 0 Å². The number of anilines is 1. The molecule has 0 spiro atoms. The van der Waals surface area contributed by atoms with E-state index < -0.39 is 10.0 Å². The number of nitrogens with zero attached hydrogens (tertiary/aromatic N) is 1. The van der Waals surface area contributed by atoms with Crippen molar-refractivity contribution < 1.29 is 8.42 Å². The average molecular weight is 357 g/mol. The first kappa shape index (κ1) is 15.3. The highest BCUT2D eigenvalue weighted by Crippen LogP contribution is 2.29. The van der Waals surface area contributed by atoms with Gasteiger partial charge < -0.3 is 4.90 Å². The molecule has 0 heterocycles. The summed E-state index contributed by atoms with van der Waals surface area (Å²) in [6.45, 7) is 0.367. The van der Waals surface area contributed by atoms with E-state index in [2.05, 4.69) is 20.7 Å². The minimum Gasteiger partial charge on any atom is -0.377 e. The molecule has 0 aliphatic rings. The van der Waals surface area contributed by atoms with Crippen molar-refractivity contribution in [3.05, 3.63) is 36.4 Å². The van der Waals surface area contributed by atoms with Gasteiger partial charge in [0.1, 0.15) is 0 Å². The Bertz CT molecular complexity index is 714. The Kier molecular flexibility index (Phi) is 4.67. The van der Waals surface area contributed by atoms with Gasteiger partial charge in [-0.15, -0.1) is 0 Å². The molecule has 2 aromatic carbocycles. The second kappa shape index (κ2) is 6.11. The third-order valence-electron chi connectivity index (χ3n) is 3.02. The SMILES string of the molecule is CN(C)c1cccc2c(S(=O)(=O)NCCBr)cccc12. The van der Waals surface area contributed by atoms with E-state index >= 15 is 0 Å². The summed E-state index contributed by atoms with van der Waals surface area (Å²) in [6, 6.07) is 11.0. The van der Waals surface area contributed by atoms with Gasteiger partial charge in [-0.25, -0.2) is 13.1 Å². The number of nitrogens with one attached hydrogen (secondary N) is 1. The molecule has 0 amide bonds. The summed E-state index contributed by atoms with van der Waals surface area (Å²) < 4.78 is 27.3. The van der Waals surface area contributed by atoms with Crippen molar-refractivity contribution in [1.82, 2.24) is 4.72 Å². The number of sulfonamides is 1. The molecule has 0 saturated heterocycles. The summed E-state index contributed by atoms with van der Waals surface area (Å²) in [7, 11) is 0.397. The molecule has 4 nitrogen and oxygen atoms in total. The molecule has 0 unspecified atom stereocenters. The monoisotopic (exact) mass is 356 g/mol. The van der Waals surface area contributed by atoms with Crippen molar-refractivity contribution in [1.29, 1.82) is 0 Å². The Labute approximate surface area is 128 Å². The fourth-order valence-corrected chi connectivity index (χ4v) is 3.85. The zero-order chi connectivity index (χ0) is 14.8. The summed E-state index contributed by atoms with van der Waals surface area (Å²) in [6.07, 6.45) is 0. The van der Waals surface area contributed by atoms with Crippen LogP contribution in [0.3, 0.4) is 0 Å². The minimum absolute atomic E-state index is 0.319. The van der Waals surface area contributed by atoms with Crippen LogP contribution < -0.4 is 9.62 Å². The molecule has 20 heavy (non-hydrogen) atoms. The van der Waals surface area contributed by atoms with Crippen molar-refractivity contribution in [2.24, 2.45) is 0 Å². The largest absolute Gasteiger partial charge is 0.377 e. The molecular weight excluding hydrogens is 340 g/mol. The van der Waals surface area contributed by atoms with Crippen molar-refractivity contribution >= 4 is 42.4 Å². The highest BCUT2D eigenvalue weighted by Gasteiger charge is 2.17. The first-order chi connectivity index (χ1) is 9.47. The summed E-state index contributed by atoms with van der Waals surface area (Å²) >= 11 is 3.22. The van der Waals surface area contributed by atoms with E-state index in [0.29, 0.717) is 16.8 Å². The van der Waals surface area contributed by atoms with Gasteiger partial charge in [-0.3, -0.25) is 0 Å². The first-order valence-electron chi connectivity index (χ1n) is 6.22. The van der Waals surface area contributed by atoms with Gasteiger partial charge in [0.15, 0.2) is 0 Å². The average Bonchev–Trinajstić information content (AvgIpc) is 2.43. The quantitative estimate of drug-likeness (QED) is 0.837. The second-order valence-corrected chi connectivity index (χ2v) is 7.14. The molecule has 2 aromatic rings. The molecule has 0 saturated carbocycles. The van der Waals surface area contributed by atoms with Gasteiger partial charge in [0.2, 0.25) is 10.0 Å². The lowest BCUT2D eigenvalue weighted by atomic mass is 10.1. The number of alkyl halides is 1. The van der Waals surface area contributed by atoms with E-state index in [4.69, 9.17) is 0 Å². The van der Waals surface area contributed by atoms with Crippen LogP contribution in [-0.2, 0) is 10.0 Å². The topological polar surface area (TPSA) is 49.4 Å². The van der Waals surface area contributed by atoms with Crippen molar-refractivity contribution in [3.8, 4) is 0 Å². The minimum atomic E-state index is -3.49. The molecule has 6 heteroatoms. The third-order valence-corrected chi connectivity index (χ3v) is 4.93. The molecule has 2 rings (SSSR count). The van der Waals surface area contributed by atoms with Gasteiger partial charge in [-0.1, -0.05) is 40.2 Å². The van der Waals surface area contributed by atoms with Crippen molar-refractivity contribution in [2.75, 3.05) is 30.9 Å². The Morgan fingerprint density at radius 3 is 2.40 bits per heavy atom. The maximum absolute atomic E-state index is 12.3. The highest BCUT2D eigenvalue weighted by molar-refractivity contribution is 9.09. The predicted octanol–water partition coefficient (Wildman–Crippen LogP) is 2.58. The van der Waals surface area contributed by atoms with Crippen LogP contribution in [0.4, 0.5) is 5.69 Å². The lowest BCUT2D eigenvalue weighted by molar-refractivity contribution is 0.585. The normalized spacial score (nSPS) is 11.8. The van der Waals surface area contributed by atoms with Crippen LogP contribution >= 0.6 is 15.9 Å². The van der Waals surface area contributed by atoms with Gasteiger partial charge in [-0.05, 0) is 12.1 Å². The van der Waals surface area contributed by atoms with E-state index in [1.807, 2.05) is 43.3 Å². The number of fused-ring (bicyclic) bond motifs is 1. The Balaban J connectivity index is 2.64. The fraction of sp³-hybridized carbons (Fsp3) is 0.286. The lowest BCUT2D eigenvalue weighted by Gasteiger charge is -2.17. The molecule has 0 aliphatic carbocycles. The second-order valence-electron chi connectivity index (χ2n) is 4.61. The summed E-state index contributed by atoms with van der Waals surface area (Å²) in [5.41, 5.74) is 1.00. The summed E-state index contributed by atoms with van der Waals surface area (Å²) in [5.74, 6) is 0. The van der Waals surface area contributed by atoms with Crippen LogP contribution in [0.25, 0.3) is 10.8 Å². The van der Waals surface area contributed by atoms with E-state index in [-0.39, 0.29) is 0 Å². The van der Waals surface area contributed by atoms with Gasteiger partial charge in [0, 0.05) is 42.4 Å². The zero-order valence-corrected chi connectivity index (χ0v) is 13.8. The number of hydrogen-bond acceptors (Lipinski definition) is 3. The molecule has 1 N–H and O–H groups in total. The maximum Gasteiger partial charge on any atom is 0.241 e. The van der Waals surface area contributed by atoms with Crippen LogP contribution in [0.1, 0.15) is 0 Å². The molecule has 0 aromatic heterocycles. The van der Waals surface area contributed by atoms with Crippen molar-refractivity contribution in [3.63, 3.8) is 0 Å². The van der Waals surface area contributed by atoms with Gasteiger partial charge in [0.05, 0.1) is 4.90 Å². The van der Waals surface area contributed by atoms with Crippen LogP contribution in [0.15, 0.2) is 41.3 Å². The third kappa shape index (κ3) is 2.97. The molecule has 0 radical (unpaired) electrons. The number of halogens is 1.